The monoisotopic (exact) mass is 506 g/mol. The van der Waals surface area contributed by atoms with Crippen molar-refractivity contribution in [3.05, 3.63) is 64.1 Å². The minimum atomic E-state index is -2.00. The zero-order valence-electron chi connectivity index (χ0n) is 21.6. The Morgan fingerprint density at radius 1 is 1.14 bits per heavy atom. The predicted octanol–water partition coefficient (Wildman–Crippen LogP) is 3.72. The fraction of sp³-hybridized carbons (Fsp3) is 0.567. The molecule has 5 aliphatic rings. The standard InChI is InChI=1S/C30H35FN2O4/c1-27-9-8-20-14-30(31)26(36)25(35)22(33(2)3)15-28(30)10-11-29(20,37-28)23(27)7-6-21(27)17-4-5-18-16-32-24(34)13-19(18)12-17/h4-6,8,12-13,16,22-23,25-26,35-36H,7,9-11,14-15H2,1-3H3,(H,32,34). The SMILES string of the molecule is CN(C)C1CC23CCC4(O2)C(=CCC2(C)C(c5ccc6c[nH]c(=O)cc6c5)=CCC24)CC3(F)C(O)C1O. The molecule has 196 valence electrons. The van der Waals surface area contributed by atoms with Gasteiger partial charge in [-0.15, -0.1) is 0 Å². The number of aromatic nitrogens is 1. The fourth-order valence-corrected chi connectivity index (χ4v) is 8.76. The molecule has 0 amide bonds. The summed E-state index contributed by atoms with van der Waals surface area (Å²) in [4.78, 5) is 16.6. The highest BCUT2D eigenvalue weighted by molar-refractivity contribution is 5.87. The van der Waals surface area contributed by atoms with Crippen molar-refractivity contribution in [1.82, 2.24) is 9.88 Å². The van der Waals surface area contributed by atoms with Crippen LogP contribution in [0.2, 0.25) is 0 Å². The van der Waals surface area contributed by atoms with Crippen LogP contribution >= 0.6 is 0 Å². The van der Waals surface area contributed by atoms with E-state index < -0.39 is 29.1 Å². The summed E-state index contributed by atoms with van der Waals surface area (Å²) in [7, 11) is 3.73. The van der Waals surface area contributed by atoms with Crippen molar-refractivity contribution in [2.75, 3.05) is 14.1 Å². The van der Waals surface area contributed by atoms with Crippen LogP contribution in [0.3, 0.4) is 0 Å². The van der Waals surface area contributed by atoms with Crippen LogP contribution < -0.4 is 5.56 Å². The molecule has 2 aromatic rings. The van der Waals surface area contributed by atoms with Crippen LogP contribution in [0.1, 0.15) is 51.0 Å². The fourth-order valence-electron chi connectivity index (χ4n) is 8.76. The molecule has 1 saturated carbocycles. The van der Waals surface area contributed by atoms with Crippen LogP contribution in [0.15, 0.2) is 53.0 Å². The lowest BCUT2D eigenvalue weighted by Crippen LogP contribution is -2.73. The Balaban J connectivity index is 1.29. The van der Waals surface area contributed by atoms with Gasteiger partial charge < -0.3 is 24.8 Å². The van der Waals surface area contributed by atoms with Crippen molar-refractivity contribution in [2.45, 2.75) is 80.6 Å². The van der Waals surface area contributed by atoms with Gasteiger partial charge in [0.05, 0.1) is 11.7 Å². The van der Waals surface area contributed by atoms with E-state index in [1.165, 1.54) is 5.57 Å². The highest BCUT2D eigenvalue weighted by atomic mass is 19.1. The van der Waals surface area contributed by atoms with Crippen LogP contribution in [0.5, 0.6) is 0 Å². The maximum atomic E-state index is 16.9. The van der Waals surface area contributed by atoms with Gasteiger partial charge in [0, 0.05) is 36.1 Å². The summed E-state index contributed by atoms with van der Waals surface area (Å²) in [5.74, 6) is 0.163. The molecule has 2 bridgehead atoms. The average Bonchev–Trinajstić information content (AvgIpc) is 3.40. The smallest absolute Gasteiger partial charge is 0.248 e. The summed E-state index contributed by atoms with van der Waals surface area (Å²) in [6.45, 7) is 2.30. The molecule has 8 unspecified atom stereocenters. The van der Waals surface area contributed by atoms with Crippen LogP contribution in [0, 0.1) is 11.3 Å². The van der Waals surface area contributed by atoms with E-state index in [2.05, 4.69) is 42.3 Å². The van der Waals surface area contributed by atoms with Gasteiger partial charge in [0.25, 0.3) is 0 Å². The Kier molecular flexibility index (Phi) is 4.76. The minimum absolute atomic E-state index is 0.115. The molecule has 2 saturated heterocycles. The van der Waals surface area contributed by atoms with Crippen molar-refractivity contribution in [3.63, 3.8) is 0 Å². The number of H-pyrrole nitrogens is 1. The lowest BCUT2D eigenvalue weighted by atomic mass is 9.56. The molecule has 3 N–H and O–H groups in total. The number of benzene rings is 1. The minimum Gasteiger partial charge on any atom is -0.389 e. The molecule has 2 spiro atoms. The second kappa shape index (κ2) is 7.41. The summed E-state index contributed by atoms with van der Waals surface area (Å²) in [6.07, 6.45) is 6.93. The molecule has 3 aliphatic carbocycles. The zero-order chi connectivity index (χ0) is 26.0. The molecule has 3 fully saturated rings. The molecule has 7 heteroatoms. The van der Waals surface area contributed by atoms with Gasteiger partial charge in [-0.2, -0.15) is 0 Å². The van der Waals surface area contributed by atoms with Crippen molar-refractivity contribution in [1.29, 1.82) is 0 Å². The number of hydrogen-bond acceptors (Lipinski definition) is 5. The van der Waals surface area contributed by atoms with E-state index in [0.717, 1.165) is 41.2 Å². The normalized spacial score (nSPS) is 44.3. The number of nitrogens with zero attached hydrogens (tertiary/aromatic N) is 1. The first-order chi connectivity index (χ1) is 17.5. The zero-order valence-corrected chi connectivity index (χ0v) is 21.6. The summed E-state index contributed by atoms with van der Waals surface area (Å²) in [6, 6.07) is 7.55. The lowest BCUT2D eigenvalue weighted by Gasteiger charge is -2.61. The number of hydrogen-bond donors (Lipinski definition) is 3. The van der Waals surface area contributed by atoms with E-state index in [1.54, 1.807) is 12.3 Å². The van der Waals surface area contributed by atoms with Gasteiger partial charge in [-0.25, -0.2) is 4.39 Å². The number of aliphatic hydroxyl groups excluding tert-OH is 2. The third kappa shape index (κ3) is 2.86. The Labute approximate surface area is 215 Å². The predicted molar refractivity (Wildman–Crippen MR) is 140 cm³/mol. The molecule has 37 heavy (non-hydrogen) atoms. The second-order valence-electron chi connectivity index (χ2n) is 12.6. The van der Waals surface area contributed by atoms with Gasteiger partial charge in [0.1, 0.15) is 11.7 Å². The Morgan fingerprint density at radius 3 is 2.73 bits per heavy atom. The number of allylic oxidation sites excluding steroid dienone is 3. The third-order valence-corrected chi connectivity index (χ3v) is 10.7. The highest BCUT2D eigenvalue weighted by Gasteiger charge is 2.76. The molecule has 7 rings (SSSR count). The van der Waals surface area contributed by atoms with E-state index in [9.17, 15) is 15.0 Å². The molecule has 1 aromatic heterocycles. The van der Waals surface area contributed by atoms with Crippen molar-refractivity contribution >= 4 is 16.3 Å². The van der Waals surface area contributed by atoms with Gasteiger partial charge in [0.15, 0.2) is 5.67 Å². The van der Waals surface area contributed by atoms with Crippen molar-refractivity contribution < 1.29 is 19.3 Å². The van der Waals surface area contributed by atoms with E-state index in [4.69, 9.17) is 4.74 Å². The van der Waals surface area contributed by atoms with Gasteiger partial charge in [-0.1, -0.05) is 31.2 Å². The number of rotatable bonds is 2. The Hall–Kier alpha value is -2.32. The summed E-state index contributed by atoms with van der Waals surface area (Å²) in [5, 5.41) is 23.8. The third-order valence-electron chi connectivity index (χ3n) is 10.7. The number of aromatic amines is 1. The molecule has 2 aliphatic heterocycles. The summed E-state index contributed by atoms with van der Waals surface area (Å²) < 4.78 is 23.9. The Bertz CT molecular complexity index is 1430. The number of ether oxygens (including phenoxy) is 1. The largest absolute Gasteiger partial charge is 0.389 e. The number of likely N-dealkylation sites (N-methyl/N-ethyl adjacent to an activating group) is 1. The number of alkyl halides is 1. The number of pyridine rings is 1. The van der Waals surface area contributed by atoms with Crippen LogP contribution in [0.25, 0.3) is 16.3 Å². The molecule has 3 heterocycles. The molecule has 6 nitrogen and oxygen atoms in total. The number of halogens is 1. The topological polar surface area (TPSA) is 85.8 Å². The number of nitrogens with one attached hydrogen (secondary N) is 1. The van der Waals surface area contributed by atoms with Crippen LogP contribution in [-0.2, 0) is 4.74 Å². The van der Waals surface area contributed by atoms with Gasteiger partial charge in [0.2, 0.25) is 5.56 Å². The first-order valence-electron chi connectivity index (χ1n) is 13.5. The number of aliphatic hydroxyl groups is 2. The highest BCUT2D eigenvalue weighted by Crippen LogP contribution is 2.70. The molecular weight excluding hydrogens is 471 g/mol. The van der Waals surface area contributed by atoms with Crippen molar-refractivity contribution in [2.24, 2.45) is 11.3 Å². The maximum Gasteiger partial charge on any atom is 0.248 e. The first-order valence-corrected chi connectivity index (χ1v) is 13.5. The number of fused-ring (bicyclic) bond motifs is 2. The van der Waals surface area contributed by atoms with E-state index >= 15 is 4.39 Å². The van der Waals surface area contributed by atoms with E-state index in [0.29, 0.717) is 12.8 Å². The average molecular weight is 507 g/mol. The summed E-state index contributed by atoms with van der Waals surface area (Å²) in [5.41, 5.74) is -0.640. The molecule has 8 atom stereocenters. The van der Waals surface area contributed by atoms with Crippen molar-refractivity contribution in [3.8, 4) is 0 Å². The lowest BCUT2D eigenvalue weighted by molar-refractivity contribution is -0.282. The van der Waals surface area contributed by atoms with E-state index in [-0.39, 0.29) is 29.4 Å². The Morgan fingerprint density at radius 2 is 1.95 bits per heavy atom. The van der Waals surface area contributed by atoms with Gasteiger partial charge in [-0.05, 0) is 79.7 Å². The quantitative estimate of drug-likeness (QED) is 0.541. The van der Waals surface area contributed by atoms with Crippen LogP contribution in [-0.4, -0.2) is 69.3 Å². The van der Waals surface area contributed by atoms with Crippen LogP contribution in [0.4, 0.5) is 4.39 Å². The maximum absolute atomic E-state index is 16.9. The first kappa shape index (κ1) is 23.8. The molecule has 0 radical (unpaired) electrons. The van der Waals surface area contributed by atoms with E-state index in [1.807, 2.05) is 19.0 Å². The molecule has 1 aromatic carbocycles. The summed E-state index contributed by atoms with van der Waals surface area (Å²) >= 11 is 0. The van der Waals surface area contributed by atoms with Gasteiger partial charge >= 0.3 is 0 Å². The second-order valence-corrected chi connectivity index (χ2v) is 12.6. The van der Waals surface area contributed by atoms with Gasteiger partial charge in [-0.3, -0.25) is 4.79 Å². The molecular formula is C30H35FN2O4.